The Hall–Kier alpha value is -0.610. The van der Waals surface area contributed by atoms with Crippen LogP contribution >= 0.6 is 0 Å². The zero-order chi connectivity index (χ0) is 11.0. The van der Waals surface area contributed by atoms with E-state index in [0.29, 0.717) is 13.0 Å². The van der Waals surface area contributed by atoms with Gasteiger partial charge >= 0.3 is 5.97 Å². The lowest BCUT2D eigenvalue weighted by Gasteiger charge is -2.47. The quantitative estimate of drug-likeness (QED) is 0.618. The maximum Gasteiger partial charge on any atom is 0.338 e. The van der Waals surface area contributed by atoms with Crippen molar-refractivity contribution in [3.63, 3.8) is 0 Å². The number of carbonyl (C=O) groups excluding carboxylic acids is 1. The van der Waals surface area contributed by atoms with Gasteiger partial charge in [-0.05, 0) is 7.05 Å². The highest BCUT2D eigenvalue weighted by molar-refractivity contribution is 5.80. The number of likely N-dealkylation sites (tertiary alicyclic amines) is 1. The van der Waals surface area contributed by atoms with Crippen molar-refractivity contribution in [3.8, 4) is 0 Å². The van der Waals surface area contributed by atoms with Gasteiger partial charge in [0, 0.05) is 24.9 Å². The van der Waals surface area contributed by atoms with Crippen molar-refractivity contribution in [1.82, 2.24) is 4.90 Å². The average molecular weight is 201 g/mol. The molecular weight excluding hydrogens is 182 g/mol. The van der Waals surface area contributed by atoms with Crippen LogP contribution in [0.5, 0.6) is 0 Å². The van der Waals surface area contributed by atoms with Gasteiger partial charge in [0.1, 0.15) is 0 Å². The monoisotopic (exact) mass is 201 g/mol. The summed E-state index contributed by atoms with van der Waals surface area (Å²) in [5.74, 6) is -0.518. The highest BCUT2D eigenvalue weighted by Crippen LogP contribution is 2.38. The van der Waals surface area contributed by atoms with Gasteiger partial charge in [-0.15, -0.1) is 0 Å². The van der Waals surface area contributed by atoms with E-state index in [1.807, 2.05) is 20.9 Å². The van der Waals surface area contributed by atoms with Gasteiger partial charge in [0.2, 0.25) is 0 Å². The standard InChI is InChI=1S/C10H19NO3/c1-9(2)7-11(3)6-5-10(9,13)8(12)14-4/h13H,5-7H2,1-4H3. The topological polar surface area (TPSA) is 49.8 Å². The summed E-state index contributed by atoms with van der Waals surface area (Å²) in [6.45, 7) is 5.19. The maximum atomic E-state index is 11.5. The number of esters is 1. The lowest BCUT2D eigenvalue weighted by atomic mass is 9.70. The fourth-order valence-electron chi connectivity index (χ4n) is 2.12. The third kappa shape index (κ3) is 1.64. The predicted octanol–water partition coefficient (Wildman–Crippen LogP) is 0.252. The first-order valence-electron chi connectivity index (χ1n) is 4.83. The van der Waals surface area contributed by atoms with E-state index in [-0.39, 0.29) is 0 Å². The minimum atomic E-state index is -1.34. The molecule has 0 aromatic carbocycles. The summed E-state index contributed by atoms with van der Waals surface area (Å²) >= 11 is 0. The molecule has 4 nitrogen and oxygen atoms in total. The largest absolute Gasteiger partial charge is 0.467 e. The Balaban J connectivity index is 2.92. The van der Waals surface area contributed by atoms with Crippen molar-refractivity contribution in [1.29, 1.82) is 0 Å². The second kappa shape index (κ2) is 3.51. The molecule has 0 spiro atoms. The molecule has 1 rings (SSSR count). The second-order valence-corrected chi connectivity index (χ2v) is 4.72. The molecule has 0 bridgehead atoms. The number of aliphatic hydroxyl groups is 1. The van der Waals surface area contributed by atoms with Gasteiger partial charge in [0.05, 0.1) is 7.11 Å². The van der Waals surface area contributed by atoms with E-state index in [9.17, 15) is 9.90 Å². The van der Waals surface area contributed by atoms with Crippen molar-refractivity contribution in [2.45, 2.75) is 25.9 Å². The lowest BCUT2D eigenvalue weighted by molar-refractivity contribution is -0.186. The van der Waals surface area contributed by atoms with Gasteiger partial charge in [-0.3, -0.25) is 0 Å². The number of piperidine rings is 1. The molecule has 1 N–H and O–H groups in total. The summed E-state index contributed by atoms with van der Waals surface area (Å²) < 4.78 is 4.66. The minimum Gasteiger partial charge on any atom is -0.467 e. The van der Waals surface area contributed by atoms with Gasteiger partial charge in [0.15, 0.2) is 5.60 Å². The first-order chi connectivity index (χ1) is 6.33. The zero-order valence-electron chi connectivity index (χ0n) is 9.33. The SMILES string of the molecule is COC(=O)C1(O)CCN(C)CC1(C)C. The summed E-state index contributed by atoms with van der Waals surface area (Å²) in [6.07, 6.45) is 0.434. The number of carbonyl (C=O) groups is 1. The number of ether oxygens (including phenoxy) is 1. The van der Waals surface area contributed by atoms with E-state index >= 15 is 0 Å². The van der Waals surface area contributed by atoms with E-state index in [4.69, 9.17) is 0 Å². The molecule has 14 heavy (non-hydrogen) atoms. The predicted molar refractivity (Wildman–Crippen MR) is 52.9 cm³/mol. The first kappa shape index (κ1) is 11.5. The van der Waals surface area contributed by atoms with E-state index < -0.39 is 17.0 Å². The van der Waals surface area contributed by atoms with Crippen molar-refractivity contribution < 1.29 is 14.6 Å². The average Bonchev–Trinajstić information content (AvgIpc) is 2.10. The van der Waals surface area contributed by atoms with Crippen LogP contribution in [-0.2, 0) is 9.53 Å². The Kier molecular flexibility index (Phi) is 2.88. The summed E-state index contributed by atoms with van der Waals surface area (Å²) in [5, 5.41) is 10.3. The van der Waals surface area contributed by atoms with Crippen LogP contribution in [0, 0.1) is 5.41 Å². The fourth-order valence-corrected chi connectivity index (χ4v) is 2.12. The molecule has 1 aliphatic rings. The molecule has 1 aliphatic heterocycles. The molecule has 4 heteroatoms. The maximum absolute atomic E-state index is 11.5. The summed E-state index contributed by atoms with van der Waals surface area (Å²) in [5.41, 5.74) is -1.80. The zero-order valence-corrected chi connectivity index (χ0v) is 9.33. The van der Waals surface area contributed by atoms with Gasteiger partial charge in [0.25, 0.3) is 0 Å². The van der Waals surface area contributed by atoms with Crippen molar-refractivity contribution in [3.05, 3.63) is 0 Å². The molecule has 1 unspecified atom stereocenters. The normalized spacial score (nSPS) is 32.6. The molecule has 1 atom stereocenters. The van der Waals surface area contributed by atoms with Crippen LogP contribution in [0.4, 0.5) is 0 Å². The van der Waals surface area contributed by atoms with Crippen molar-refractivity contribution >= 4 is 5.97 Å². The summed E-state index contributed by atoms with van der Waals surface area (Å²) in [4.78, 5) is 13.6. The summed E-state index contributed by atoms with van der Waals surface area (Å²) in [7, 11) is 3.30. The Labute approximate surface area is 84.8 Å². The van der Waals surface area contributed by atoms with Crippen molar-refractivity contribution in [2.24, 2.45) is 5.41 Å². The van der Waals surface area contributed by atoms with E-state index in [2.05, 4.69) is 9.64 Å². The number of methoxy groups -OCH3 is 1. The molecule has 0 aromatic heterocycles. The van der Waals surface area contributed by atoms with Crippen LogP contribution in [0.2, 0.25) is 0 Å². The number of nitrogens with zero attached hydrogens (tertiary/aromatic N) is 1. The van der Waals surface area contributed by atoms with Crippen LogP contribution in [0.1, 0.15) is 20.3 Å². The highest BCUT2D eigenvalue weighted by Gasteiger charge is 2.53. The molecule has 82 valence electrons. The Morgan fingerprint density at radius 2 is 2.07 bits per heavy atom. The number of hydrogen-bond acceptors (Lipinski definition) is 4. The minimum absolute atomic E-state index is 0.434. The van der Waals surface area contributed by atoms with Gasteiger partial charge < -0.3 is 14.7 Å². The Morgan fingerprint density at radius 1 is 1.50 bits per heavy atom. The smallest absolute Gasteiger partial charge is 0.338 e. The Morgan fingerprint density at radius 3 is 2.50 bits per heavy atom. The lowest BCUT2D eigenvalue weighted by Crippen LogP contribution is -2.60. The van der Waals surface area contributed by atoms with Gasteiger partial charge in [-0.2, -0.15) is 0 Å². The van der Waals surface area contributed by atoms with Crippen LogP contribution in [0.25, 0.3) is 0 Å². The van der Waals surface area contributed by atoms with Crippen LogP contribution in [0.3, 0.4) is 0 Å². The van der Waals surface area contributed by atoms with E-state index in [1.165, 1.54) is 7.11 Å². The van der Waals surface area contributed by atoms with Gasteiger partial charge in [-0.25, -0.2) is 4.79 Å². The fraction of sp³-hybridized carbons (Fsp3) is 0.900. The third-order valence-corrected chi connectivity index (χ3v) is 3.16. The first-order valence-corrected chi connectivity index (χ1v) is 4.83. The van der Waals surface area contributed by atoms with Crippen molar-refractivity contribution in [2.75, 3.05) is 27.2 Å². The number of hydrogen-bond donors (Lipinski definition) is 1. The molecule has 0 aliphatic carbocycles. The van der Waals surface area contributed by atoms with Crippen LogP contribution in [-0.4, -0.2) is 48.8 Å². The second-order valence-electron chi connectivity index (χ2n) is 4.72. The molecule has 1 fully saturated rings. The molecule has 0 radical (unpaired) electrons. The highest BCUT2D eigenvalue weighted by atomic mass is 16.5. The van der Waals surface area contributed by atoms with Gasteiger partial charge in [-0.1, -0.05) is 13.8 Å². The molecule has 1 heterocycles. The molecule has 0 aromatic rings. The van der Waals surface area contributed by atoms with E-state index in [0.717, 1.165) is 6.54 Å². The molecule has 0 amide bonds. The third-order valence-electron chi connectivity index (χ3n) is 3.16. The molecule has 1 saturated heterocycles. The number of rotatable bonds is 1. The van der Waals surface area contributed by atoms with E-state index in [1.54, 1.807) is 0 Å². The Bertz CT molecular complexity index is 240. The molecular formula is C10H19NO3. The van der Waals surface area contributed by atoms with Crippen LogP contribution < -0.4 is 0 Å². The summed E-state index contributed by atoms with van der Waals surface area (Å²) in [6, 6.07) is 0. The van der Waals surface area contributed by atoms with Crippen LogP contribution in [0.15, 0.2) is 0 Å². The molecule has 0 saturated carbocycles.